The van der Waals surface area contributed by atoms with E-state index >= 15 is 0 Å². The highest BCUT2D eigenvalue weighted by Crippen LogP contribution is 2.21. The smallest absolute Gasteiger partial charge is 0.410 e. The van der Waals surface area contributed by atoms with Crippen LogP contribution in [0.4, 0.5) is 4.79 Å². The highest BCUT2D eigenvalue weighted by Gasteiger charge is 2.33. The number of ether oxygens (including phenoxy) is 1. The molecule has 5 heteroatoms. The third kappa shape index (κ3) is 3.56. The van der Waals surface area contributed by atoms with Crippen molar-refractivity contribution in [1.82, 2.24) is 4.90 Å². The van der Waals surface area contributed by atoms with Gasteiger partial charge in [-0.05, 0) is 27.2 Å². The average molecular weight is 227 g/mol. The standard InChI is InChI=1S/C11H17NO4/c1-11(2,3)16-10(15)12-7-6-8(12)4-5-9(13)14/h4-5,8H,6-7H2,1-3H3,(H,13,14). The Balaban J connectivity index is 2.49. The molecule has 1 aliphatic rings. The molecule has 1 amide bonds. The van der Waals surface area contributed by atoms with Crippen LogP contribution < -0.4 is 0 Å². The van der Waals surface area contributed by atoms with Crippen molar-refractivity contribution in [2.24, 2.45) is 0 Å². The summed E-state index contributed by atoms with van der Waals surface area (Å²) in [5.74, 6) is -1.00. The van der Waals surface area contributed by atoms with Gasteiger partial charge in [-0.1, -0.05) is 6.08 Å². The molecule has 5 nitrogen and oxygen atoms in total. The van der Waals surface area contributed by atoms with E-state index < -0.39 is 17.7 Å². The molecule has 0 aromatic carbocycles. The predicted octanol–water partition coefficient (Wildman–Crippen LogP) is 1.64. The first-order valence-corrected chi connectivity index (χ1v) is 5.20. The molecule has 0 aromatic rings. The van der Waals surface area contributed by atoms with Crippen LogP contribution in [0, 0.1) is 0 Å². The van der Waals surface area contributed by atoms with Gasteiger partial charge in [0, 0.05) is 12.6 Å². The number of amides is 1. The van der Waals surface area contributed by atoms with Gasteiger partial charge in [-0.2, -0.15) is 0 Å². The minimum Gasteiger partial charge on any atom is -0.478 e. The molecule has 0 saturated carbocycles. The van der Waals surface area contributed by atoms with E-state index in [-0.39, 0.29) is 6.04 Å². The second-order valence-corrected chi connectivity index (χ2v) is 4.73. The number of hydrogen-bond donors (Lipinski definition) is 1. The van der Waals surface area contributed by atoms with Crippen molar-refractivity contribution in [1.29, 1.82) is 0 Å². The third-order valence-corrected chi connectivity index (χ3v) is 2.16. The maximum Gasteiger partial charge on any atom is 0.410 e. The first kappa shape index (κ1) is 12.5. The molecule has 0 aromatic heterocycles. The average Bonchev–Trinajstić information content (AvgIpc) is 1.96. The van der Waals surface area contributed by atoms with Crippen molar-refractivity contribution in [3.8, 4) is 0 Å². The van der Waals surface area contributed by atoms with Crippen LogP contribution in [0.15, 0.2) is 12.2 Å². The van der Waals surface area contributed by atoms with Crippen molar-refractivity contribution < 1.29 is 19.4 Å². The summed E-state index contributed by atoms with van der Waals surface area (Å²) in [6.07, 6.45) is 2.96. The fourth-order valence-electron chi connectivity index (χ4n) is 1.35. The highest BCUT2D eigenvalue weighted by molar-refractivity contribution is 5.80. The molecule has 1 N–H and O–H groups in total. The molecule has 1 unspecified atom stereocenters. The largest absolute Gasteiger partial charge is 0.478 e. The number of nitrogens with zero attached hydrogens (tertiary/aromatic N) is 1. The molecule has 1 saturated heterocycles. The van der Waals surface area contributed by atoms with Crippen LogP contribution in [-0.4, -0.2) is 40.3 Å². The van der Waals surface area contributed by atoms with Gasteiger partial charge in [0.05, 0.1) is 6.04 Å². The monoisotopic (exact) mass is 227 g/mol. The summed E-state index contributed by atoms with van der Waals surface area (Å²) < 4.78 is 5.18. The maximum absolute atomic E-state index is 11.6. The summed E-state index contributed by atoms with van der Waals surface area (Å²) >= 11 is 0. The minimum absolute atomic E-state index is 0.147. The molecule has 0 aliphatic carbocycles. The van der Waals surface area contributed by atoms with Crippen molar-refractivity contribution in [3.05, 3.63) is 12.2 Å². The zero-order valence-corrected chi connectivity index (χ0v) is 9.77. The predicted molar refractivity (Wildman–Crippen MR) is 58.1 cm³/mol. The lowest BCUT2D eigenvalue weighted by atomic mass is 10.0. The minimum atomic E-state index is -1.00. The van der Waals surface area contributed by atoms with E-state index in [2.05, 4.69) is 0 Å². The fraction of sp³-hybridized carbons (Fsp3) is 0.636. The van der Waals surface area contributed by atoms with E-state index in [1.54, 1.807) is 20.8 Å². The van der Waals surface area contributed by atoms with Gasteiger partial charge in [0.1, 0.15) is 5.60 Å². The molecule has 0 bridgehead atoms. The molecule has 1 rings (SSSR count). The van der Waals surface area contributed by atoms with Gasteiger partial charge in [0.15, 0.2) is 0 Å². The van der Waals surface area contributed by atoms with E-state index in [4.69, 9.17) is 9.84 Å². The molecular formula is C11H17NO4. The summed E-state index contributed by atoms with van der Waals surface area (Å²) in [5, 5.41) is 8.47. The Morgan fingerprint density at radius 3 is 2.44 bits per heavy atom. The van der Waals surface area contributed by atoms with E-state index in [1.807, 2.05) is 0 Å². The quantitative estimate of drug-likeness (QED) is 0.728. The Morgan fingerprint density at radius 2 is 2.06 bits per heavy atom. The molecule has 1 heterocycles. The SMILES string of the molecule is CC(C)(C)OC(=O)N1CCC1C=CC(=O)O. The Bertz CT molecular complexity index is 316. The number of hydrogen-bond acceptors (Lipinski definition) is 3. The van der Waals surface area contributed by atoms with Crippen LogP contribution in [0.1, 0.15) is 27.2 Å². The van der Waals surface area contributed by atoms with Gasteiger partial charge >= 0.3 is 12.1 Å². The third-order valence-electron chi connectivity index (χ3n) is 2.16. The van der Waals surface area contributed by atoms with Gasteiger partial charge in [-0.25, -0.2) is 9.59 Å². The van der Waals surface area contributed by atoms with Gasteiger partial charge in [0.25, 0.3) is 0 Å². The maximum atomic E-state index is 11.6. The topological polar surface area (TPSA) is 66.8 Å². The Hall–Kier alpha value is -1.52. The fourth-order valence-corrected chi connectivity index (χ4v) is 1.35. The van der Waals surface area contributed by atoms with Crippen molar-refractivity contribution >= 4 is 12.1 Å². The number of carboxylic acid groups (broad SMARTS) is 1. The zero-order chi connectivity index (χ0) is 12.3. The summed E-state index contributed by atoms with van der Waals surface area (Å²) in [6, 6.07) is -0.147. The van der Waals surface area contributed by atoms with Crippen LogP contribution in [-0.2, 0) is 9.53 Å². The molecule has 90 valence electrons. The van der Waals surface area contributed by atoms with Crippen LogP contribution in [0.5, 0.6) is 0 Å². The highest BCUT2D eigenvalue weighted by atomic mass is 16.6. The summed E-state index contributed by atoms with van der Waals surface area (Å²) in [7, 11) is 0. The molecule has 16 heavy (non-hydrogen) atoms. The lowest BCUT2D eigenvalue weighted by Gasteiger charge is -2.39. The summed E-state index contributed by atoms with van der Waals surface area (Å²) in [4.78, 5) is 23.5. The number of carbonyl (C=O) groups is 2. The van der Waals surface area contributed by atoms with Gasteiger partial charge in [0.2, 0.25) is 0 Å². The van der Waals surface area contributed by atoms with Crippen molar-refractivity contribution in [3.63, 3.8) is 0 Å². The normalized spacial score (nSPS) is 20.7. The molecule has 1 atom stereocenters. The van der Waals surface area contributed by atoms with Gasteiger partial charge < -0.3 is 14.7 Å². The molecule has 1 fully saturated rings. The number of rotatable bonds is 2. The Kier molecular flexibility index (Phi) is 3.57. The Morgan fingerprint density at radius 1 is 1.44 bits per heavy atom. The summed E-state index contributed by atoms with van der Waals surface area (Å²) in [6.45, 7) is 6.01. The van der Waals surface area contributed by atoms with E-state index in [0.29, 0.717) is 6.54 Å². The zero-order valence-electron chi connectivity index (χ0n) is 9.77. The first-order valence-electron chi connectivity index (χ1n) is 5.20. The molecule has 0 radical (unpaired) electrons. The van der Waals surface area contributed by atoms with Crippen molar-refractivity contribution in [2.75, 3.05) is 6.54 Å². The number of aliphatic carboxylic acids is 1. The first-order chi connectivity index (χ1) is 7.29. The molecule has 0 spiro atoms. The van der Waals surface area contributed by atoms with Crippen LogP contribution in [0.25, 0.3) is 0 Å². The Labute approximate surface area is 94.7 Å². The van der Waals surface area contributed by atoms with Crippen LogP contribution >= 0.6 is 0 Å². The number of likely N-dealkylation sites (tertiary alicyclic amines) is 1. The second kappa shape index (κ2) is 4.55. The van der Waals surface area contributed by atoms with E-state index in [9.17, 15) is 9.59 Å². The molecule has 1 aliphatic heterocycles. The summed E-state index contributed by atoms with van der Waals surface area (Å²) in [5.41, 5.74) is -0.520. The lowest BCUT2D eigenvalue weighted by molar-refractivity contribution is -0.131. The van der Waals surface area contributed by atoms with E-state index in [1.165, 1.54) is 11.0 Å². The lowest BCUT2D eigenvalue weighted by Crippen LogP contribution is -2.51. The van der Waals surface area contributed by atoms with E-state index in [0.717, 1.165) is 12.5 Å². The van der Waals surface area contributed by atoms with Crippen molar-refractivity contribution in [2.45, 2.75) is 38.8 Å². The van der Waals surface area contributed by atoms with Crippen LogP contribution in [0.2, 0.25) is 0 Å². The molecular weight excluding hydrogens is 210 g/mol. The number of carboxylic acids is 1. The van der Waals surface area contributed by atoms with Gasteiger partial charge in [-0.3, -0.25) is 0 Å². The second-order valence-electron chi connectivity index (χ2n) is 4.73. The number of carbonyl (C=O) groups excluding carboxylic acids is 1. The van der Waals surface area contributed by atoms with Crippen LogP contribution in [0.3, 0.4) is 0 Å². The van der Waals surface area contributed by atoms with Gasteiger partial charge in [-0.15, -0.1) is 0 Å².